The first kappa shape index (κ1) is 50.9. The summed E-state index contributed by atoms with van der Waals surface area (Å²) in [5.74, 6) is -0.264. The van der Waals surface area contributed by atoms with Crippen molar-refractivity contribution in [2.75, 3.05) is 13.2 Å². The second-order valence-corrected chi connectivity index (χ2v) is 16.3. The Morgan fingerprint density at radius 3 is 1.61 bits per heavy atom. The number of hydrogen-bond acceptors (Lipinski definition) is 10. The van der Waals surface area contributed by atoms with Gasteiger partial charge in [0.2, 0.25) is 5.91 Å². The van der Waals surface area contributed by atoms with Crippen LogP contribution in [-0.4, -0.2) is 95.4 Å². The van der Waals surface area contributed by atoms with E-state index in [1.807, 2.05) is 6.08 Å². The number of rotatable bonds is 36. The summed E-state index contributed by atoms with van der Waals surface area (Å²) in [6.07, 6.45) is 25.4. The van der Waals surface area contributed by atoms with Gasteiger partial charge in [0, 0.05) is 6.42 Å². The summed E-state index contributed by atoms with van der Waals surface area (Å²) in [6, 6.07) is -0.936. The lowest BCUT2D eigenvalue weighted by atomic mass is 9.99. The van der Waals surface area contributed by atoms with Crippen molar-refractivity contribution in [2.45, 2.75) is 230 Å². The molecule has 1 saturated heterocycles. The number of carbonyl (C=O) groups excluding carboxylic acids is 1. The van der Waals surface area contributed by atoms with Crippen molar-refractivity contribution in [1.82, 2.24) is 5.32 Å². The minimum absolute atomic E-state index is 0.264. The summed E-state index contributed by atoms with van der Waals surface area (Å²) in [6.45, 7) is 3.36. The van der Waals surface area contributed by atoms with Crippen LogP contribution in [-0.2, 0) is 28.9 Å². The number of amides is 1. The Bertz CT molecular complexity index is 1030. The van der Waals surface area contributed by atoms with Crippen LogP contribution in [0.25, 0.3) is 0 Å². The Morgan fingerprint density at radius 1 is 0.722 bits per heavy atom. The van der Waals surface area contributed by atoms with Crippen LogP contribution in [0.5, 0.6) is 0 Å². The van der Waals surface area contributed by atoms with Gasteiger partial charge in [-0.2, -0.15) is 8.42 Å². The van der Waals surface area contributed by atoms with E-state index >= 15 is 0 Å². The predicted octanol–water partition coefficient (Wildman–Crippen LogP) is 7.60. The van der Waals surface area contributed by atoms with E-state index in [0.29, 0.717) is 6.42 Å². The summed E-state index contributed by atoms with van der Waals surface area (Å²) >= 11 is 0. The molecular formula is C41H79NO11S. The maximum absolute atomic E-state index is 12.9. The maximum Gasteiger partial charge on any atom is 0.397 e. The lowest BCUT2D eigenvalue weighted by Gasteiger charge is -2.41. The zero-order chi connectivity index (χ0) is 39.9. The first-order valence-electron chi connectivity index (χ1n) is 21.6. The molecule has 0 saturated carbocycles. The largest absolute Gasteiger partial charge is 0.397 e. The van der Waals surface area contributed by atoms with Crippen molar-refractivity contribution in [2.24, 2.45) is 0 Å². The molecule has 6 N–H and O–H groups in total. The molecule has 0 spiro atoms. The van der Waals surface area contributed by atoms with Crippen LogP contribution in [0, 0.1) is 0 Å². The van der Waals surface area contributed by atoms with Crippen LogP contribution in [0.4, 0.5) is 0 Å². The fraction of sp³-hybridized carbons (Fsp3) is 0.927. The molecule has 7 unspecified atom stereocenters. The Kier molecular flexibility index (Phi) is 31.0. The van der Waals surface area contributed by atoms with Gasteiger partial charge in [-0.3, -0.25) is 9.35 Å². The normalized spacial score (nSPS) is 21.8. The summed E-state index contributed by atoms with van der Waals surface area (Å²) in [7, 11) is -5.08. The Labute approximate surface area is 328 Å². The minimum Gasteiger partial charge on any atom is -0.394 e. The van der Waals surface area contributed by atoms with Crippen LogP contribution < -0.4 is 5.32 Å². The van der Waals surface area contributed by atoms with Gasteiger partial charge in [0.1, 0.15) is 24.4 Å². The molecule has 12 nitrogen and oxygen atoms in total. The Hall–Kier alpha value is -1.16. The highest BCUT2D eigenvalue weighted by Crippen LogP contribution is 2.26. The second kappa shape index (κ2) is 32.9. The molecular weight excluding hydrogens is 715 g/mol. The van der Waals surface area contributed by atoms with Crippen molar-refractivity contribution in [3.63, 3.8) is 0 Å². The fourth-order valence-electron chi connectivity index (χ4n) is 6.92. The van der Waals surface area contributed by atoms with Crippen LogP contribution in [0.3, 0.4) is 0 Å². The third kappa shape index (κ3) is 25.9. The molecule has 1 fully saturated rings. The number of ether oxygens (including phenoxy) is 2. The number of hydrogen-bond donors (Lipinski definition) is 6. The third-order valence-electron chi connectivity index (χ3n) is 10.3. The molecule has 13 heteroatoms. The smallest absolute Gasteiger partial charge is 0.394 e. The van der Waals surface area contributed by atoms with E-state index in [9.17, 15) is 33.6 Å². The standard InChI is InChI=1S/C41H79NO11S/c1-3-5-7-9-11-13-15-16-17-18-19-21-22-24-26-28-30-35(44)34(42-37(45)31-29-27-25-23-20-14-12-10-8-6-4-2)33-51-41-39(47)40(53-54(48,49)50)38(46)36(32-43)52-41/h28,30,34-36,38-41,43-44,46-47H,3-27,29,31-33H2,1-2H3,(H,42,45)(H,48,49,50)/b30-28+. The number of aliphatic hydroxyl groups excluding tert-OH is 4. The molecule has 0 aliphatic carbocycles. The topological polar surface area (TPSA) is 192 Å². The summed E-state index contributed by atoms with van der Waals surface area (Å²) in [5, 5.41) is 44.6. The molecule has 1 aliphatic rings. The maximum atomic E-state index is 12.9. The molecule has 1 rings (SSSR count). The molecule has 320 valence electrons. The van der Waals surface area contributed by atoms with Crippen LogP contribution in [0.2, 0.25) is 0 Å². The number of nitrogens with one attached hydrogen (secondary N) is 1. The van der Waals surface area contributed by atoms with Crippen LogP contribution >= 0.6 is 0 Å². The molecule has 1 aliphatic heterocycles. The van der Waals surface area contributed by atoms with Gasteiger partial charge in [-0.05, 0) is 19.3 Å². The zero-order valence-corrected chi connectivity index (χ0v) is 34.6. The first-order chi connectivity index (χ1) is 26.0. The zero-order valence-electron chi connectivity index (χ0n) is 33.8. The molecule has 7 atom stereocenters. The van der Waals surface area contributed by atoms with E-state index in [0.717, 1.165) is 38.5 Å². The van der Waals surface area contributed by atoms with Gasteiger partial charge in [-0.1, -0.05) is 174 Å². The van der Waals surface area contributed by atoms with Gasteiger partial charge in [0.05, 0.1) is 25.4 Å². The molecule has 1 heterocycles. The monoisotopic (exact) mass is 794 g/mol. The lowest BCUT2D eigenvalue weighted by molar-refractivity contribution is -0.298. The van der Waals surface area contributed by atoms with E-state index in [2.05, 4.69) is 23.3 Å². The first-order valence-corrected chi connectivity index (χ1v) is 22.9. The number of carbonyl (C=O) groups is 1. The number of allylic oxidation sites excluding steroid dienone is 1. The Morgan fingerprint density at radius 2 is 1.17 bits per heavy atom. The van der Waals surface area contributed by atoms with Crippen molar-refractivity contribution < 1.29 is 51.8 Å². The quantitative estimate of drug-likeness (QED) is 0.0208. The summed E-state index contributed by atoms with van der Waals surface area (Å²) in [4.78, 5) is 12.9. The van der Waals surface area contributed by atoms with Crippen molar-refractivity contribution in [1.29, 1.82) is 0 Å². The highest BCUT2D eigenvalue weighted by atomic mass is 32.3. The minimum atomic E-state index is -5.08. The fourth-order valence-corrected chi connectivity index (χ4v) is 7.43. The van der Waals surface area contributed by atoms with Gasteiger partial charge in [0.15, 0.2) is 6.29 Å². The molecule has 0 radical (unpaired) electrons. The van der Waals surface area contributed by atoms with Crippen molar-refractivity contribution >= 4 is 16.3 Å². The third-order valence-corrected chi connectivity index (χ3v) is 10.8. The summed E-state index contributed by atoms with van der Waals surface area (Å²) < 4.78 is 47.4. The van der Waals surface area contributed by atoms with E-state index in [-0.39, 0.29) is 18.9 Å². The number of unbranched alkanes of at least 4 members (excludes halogenated alkanes) is 24. The molecule has 1 amide bonds. The van der Waals surface area contributed by atoms with Gasteiger partial charge in [-0.15, -0.1) is 0 Å². The van der Waals surface area contributed by atoms with E-state index in [1.54, 1.807) is 6.08 Å². The molecule has 0 aromatic rings. The van der Waals surface area contributed by atoms with E-state index in [4.69, 9.17) is 14.0 Å². The number of aliphatic hydroxyl groups is 4. The summed E-state index contributed by atoms with van der Waals surface area (Å²) in [5.41, 5.74) is 0. The molecule has 0 aromatic carbocycles. The highest BCUT2D eigenvalue weighted by Gasteiger charge is 2.48. The van der Waals surface area contributed by atoms with Gasteiger partial charge >= 0.3 is 10.4 Å². The molecule has 0 aromatic heterocycles. The van der Waals surface area contributed by atoms with Crippen molar-refractivity contribution in [3.8, 4) is 0 Å². The molecule has 54 heavy (non-hydrogen) atoms. The van der Waals surface area contributed by atoms with Gasteiger partial charge in [-0.25, -0.2) is 4.18 Å². The van der Waals surface area contributed by atoms with Crippen LogP contribution in [0.15, 0.2) is 12.2 Å². The van der Waals surface area contributed by atoms with Crippen LogP contribution in [0.1, 0.15) is 187 Å². The second-order valence-electron chi connectivity index (χ2n) is 15.3. The predicted molar refractivity (Wildman–Crippen MR) is 213 cm³/mol. The average Bonchev–Trinajstić information content (AvgIpc) is 3.14. The van der Waals surface area contributed by atoms with Gasteiger partial charge < -0.3 is 35.2 Å². The highest BCUT2D eigenvalue weighted by molar-refractivity contribution is 7.80. The van der Waals surface area contributed by atoms with Gasteiger partial charge in [0.25, 0.3) is 0 Å². The average molecular weight is 794 g/mol. The molecule has 0 bridgehead atoms. The SMILES string of the molecule is CCCCCCCCCCCCCCCC/C=C/C(O)C(COC1OC(CO)C(O)C(OS(=O)(=O)O)C1O)NC(=O)CCCCCCCCCCCCC. The van der Waals surface area contributed by atoms with E-state index < -0.39 is 59.9 Å². The van der Waals surface area contributed by atoms with Crippen molar-refractivity contribution in [3.05, 3.63) is 12.2 Å². The lowest BCUT2D eigenvalue weighted by Crippen LogP contribution is -2.61. The Balaban J connectivity index is 2.57. The van der Waals surface area contributed by atoms with E-state index in [1.165, 1.54) is 122 Å².